The van der Waals surface area contributed by atoms with Crippen LogP contribution in [0.15, 0.2) is 24.3 Å². The molecule has 1 aromatic rings. The number of carbonyl (C=O) groups is 1. The first kappa shape index (κ1) is 16.3. The lowest BCUT2D eigenvalue weighted by atomic mass is 10.1. The third-order valence-corrected chi connectivity index (χ3v) is 4.82. The van der Waals surface area contributed by atoms with E-state index in [1.165, 1.54) is 25.9 Å². The van der Waals surface area contributed by atoms with Crippen LogP contribution in [0.1, 0.15) is 36.0 Å². The number of carbonyl (C=O) groups excluding carboxylic acids is 1. The predicted octanol–water partition coefficient (Wildman–Crippen LogP) is 1.99. The van der Waals surface area contributed by atoms with Crippen LogP contribution in [-0.2, 0) is 4.74 Å². The summed E-state index contributed by atoms with van der Waals surface area (Å²) in [5.74, 6) is 0.0767. The maximum atomic E-state index is 12.5. The highest BCUT2D eigenvalue weighted by atomic mass is 16.5. The molecule has 23 heavy (non-hydrogen) atoms. The van der Waals surface area contributed by atoms with Gasteiger partial charge in [-0.3, -0.25) is 4.79 Å². The Bertz CT molecular complexity index is 521. The molecule has 0 aliphatic carbocycles. The molecule has 0 spiro atoms. The van der Waals surface area contributed by atoms with E-state index in [4.69, 9.17) is 10.5 Å². The summed E-state index contributed by atoms with van der Waals surface area (Å²) >= 11 is 0. The van der Waals surface area contributed by atoms with Crippen LogP contribution in [0.2, 0.25) is 0 Å². The van der Waals surface area contributed by atoms with Crippen LogP contribution >= 0.6 is 0 Å². The largest absolute Gasteiger partial charge is 0.399 e. The molecule has 5 heteroatoms. The Hall–Kier alpha value is -1.59. The number of amides is 1. The molecule has 1 aromatic carbocycles. The number of nitrogens with zero attached hydrogens (tertiary/aromatic N) is 2. The molecule has 2 heterocycles. The molecule has 5 nitrogen and oxygen atoms in total. The molecule has 0 aromatic heterocycles. The summed E-state index contributed by atoms with van der Waals surface area (Å²) in [7, 11) is 0. The van der Waals surface area contributed by atoms with Gasteiger partial charge in [0.15, 0.2) is 0 Å². The fraction of sp³-hybridized carbons (Fsp3) is 0.611. The van der Waals surface area contributed by atoms with Gasteiger partial charge in [0, 0.05) is 30.9 Å². The normalized spacial score (nSPS) is 20.1. The second kappa shape index (κ2) is 7.79. The molecule has 2 fully saturated rings. The van der Waals surface area contributed by atoms with E-state index >= 15 is 0 Å². The molecule has 2 aliphatic rings. The van der Waals surface area contributed by atoms with Gasteiger partial charge >= 0.3 is 0 Å². The highest BCUT2D eigenvalue weighted by Crippen LogP contribution is 2.17. The van der Waals surface area contributed by atoms with Crippen molar-refractivity contribution in [2.75, 3.05) is 45.1 Å². The molecule has 2 N–H and O–H groups in total. The van der Waals surface area contributed by atoms with Crippen molar-refractivity contribution in [3.8, 4) is 0 Å². The van der Waals surface area contributed by atoms with Gasteiger partial charge in [-0.1, -0.05) is 6.07 Å². The Morgan fingerprint density at radius 2 is 1.91 bits per heavy atom. The number of nitrogen functional groups attached to an aromatic ring is 1. The zero-order chi connectivity index (χ0) is 16.1. The van der Waals surface area contributed by atoms with Crippen molar-refractivity contribution in [1.29, 1.82) is 0 Å². The number of hydrogen-bond donors (Lipinski definition) is 1. The second-order valence-electron chi connectivity index (χ2n) is 6.54. The first-order valence-corrected chi connectivity index (χ1v) is 8.71. The van der Waals surface area contributed by atoms with Crippen molar-refractivity contribution >= 4 is 11.6 Å². The second-order valence-corrected chi connectivity index (χ2v) is 6.54. The van der Waals surface area contributed by atoms with Gasteiger partial charge in [0.2, 0.25) is 0 Å². The number of likely N-dealkylation sites (tertiary alicyclic amines) is 2. The standard InChI is InChI=1S/C18H27N3O2/c19-16-5-3-4-15(14-16)18(22)21-10-6-17(7-11-21)23-13-12-20-8-1-2-9-20/h3-5,14,17H,1-2,6-13,19H2. The Morgan fingerprint density at radius 1 is 1.17 bits per heavy atom. The molecule has 2 saturated heterocycles. The van der Waals surface area contributed by atoms with E-state index in [2.05, 4.69) is 4.90 Å². The lowest BCUT2D eigenvalue weighted by Crippen LogP contribution is -2.41. The summed E-state index contributed by atoms with van der Waals surface area (Å²) in [6, 6.07) is 7.21. The fourth-order valence-corrected chi connectivity index (χ4v) is 3.43. The molecule has 0 bridgehead atoms. The summed E-state index contributed by atoms with van der Waals surface area (Å²) in [6.45, 7) is 5.83. The number of piperidine rings is 1. The molecule has 3 rings (SSSR count). The van der Waals surface area contributed by atoms with Crippen LogP contribution in [-0.4, -0.2) is 61.1 Å². The quantitative estimate of drug-likeness (QED) is 0.844. The van der Waals surface area contributed by atoms with Crippen molar-refractivity contribution in [3.05, 3.63) is 29.8 Å². The third kappa shape index (κ3) is 4.45. The van der Waals surface area contributed by atoms with Gasteiger partial charge in [-0.05, 0) is 57.0 Å². The summed E-state index contributed by atoms with van der Waals surface area (Å²) in [5.41, 5.74) is 7.07. The smallest absolute Gasteiger partial charge is 0.253 e. The molecule has 0 unspecified atom stereocenters. The third-order valence-electron chi connectivity index (χ3n) is 4.82. The number of benzene rings is 1. The summed E-state index contributed by atoms with van der Waals surface area (Å²) < 4.78 is 6.00. The van der Waals surface area contributed by atoms with E-state index in [9.17, 15) is 4.79 Å². The number of ether oxygens (including phenoxy) is 1. The molecular formula is C18H27N3O2. The Kier molecular flexibility index (Phi) is 5.51. The zero-order valence-corrected chi connectivity index (χ0v) is 13.7. The van der Waals surface area contributed by atoms with Crippen molar-refractivity contribution in [3.63, 3.8) is 0 Å². The van der Waals surface area contributed by atoms with Crippen LogP contribution in [0.25, 0.3) is 0 Å². The molecular weight excluding hydrogens is 290 g/mol. The Labute approximate surface area is 138 Å². The minimum atomic E-state index is 0.0767. The SMILES string of the molecule is Nc1cccc(C(=O)N2CCC(OCCN3CCCC3)CC2)c1. The van der Waals surface area contributed by atoms with E-state index in [0.29, 0.717) is 17.4 Å². The van der Waals surface area contributed by atoms with Crippen LogP contribution in [0, 0.1) is 0 Å². The number of nitrogens with two attached hydrogens (primary N) is 1. The molecule has 0 atom stereocenters. The summed E-state index contributed by atoms with van der Waals surface area (Å²) in [6.07, 6.45) is 4.79. The average molecular weight is 317 g/mol. The van der Waals surface area contributed by atoms with Crippen LogP contribution in [0.5, 0.6) is 0 Å². The van der Waals surface area contributed by atoms with Gasteiger partial charge in [-0.15, -0.1) is 0 Å². The minimum Gasteiger partial charge on any atom is -0.399 e. The number of anilines is 1. The summed E-state index contributed by atoms with van der Waals surface area (Å²) in [4.78, 5) is 16.9. The highest BCUT2D eigenvalue weighted by molar-refractivity contribution is 5.95. The van der Waals surface area contributed by atoms with E-state index in [1.54, 1.807) is 12.1 Å². The van der Waals surface area contributed by atoms with E-state index in [0.717, 1.165) is 39.1 Å². The van der Waals surface area contributed by atoms with Gasteiger partial charge < -0.3 is 20.3 Å². The molecule has 126 valence electrons. The first-order valence-electron chi connectivity index (χ1n) is 8.71. The van der Waals surface area contributed by atoms with Gasteiger partial charge in [0.05, 0.1) is 12.7 Å². The predicted molar refractivity (Wildman–Crippen MR) is 91.4 cm³/mol. The molecule has 1 amide bonds. The Morgan fingerprint density at radius 3 is 2.61 bits per heavy atom. The van der Waals surface area contributed by atoms with Crippen molar-refractivity contribution in [2.24, 2.45) is 0 Å². The lowest BCUT2D eigenvalue weighted by molar-refractivity contribution is 0.00208. The first-order chi connectivity index (χ1) is 11.2. The number of hydrogen-bond acceptors (Lipinski definition) is 4. The number of rotatable bonds is 5. The van der Waals surface area contributed by atoms with E-state index < -0.39 is 0 Å². The van der Waals surface area contributed by atoms with Crippen molar-refractivity contribution in [1.82, 2.24) is 9.80 Å². The van der Waals surface area contributed by atoms with Gasteiger partial charge in [0.1, 0.15) is 0 Å². The molecule has 0 saturated carbocycles. The van der Waals surface area contributed by atoms with Gasteiger partial charge in [-0.25, -0.2) is 0 Å². The van der Waals surface area contributed by atoms with Crippen LogP contribution < -0.4 is 5.73 Å². The Balaban J connectivity index is 1.40. The maximum Gasteiger partial charge on any atom is 0.253 e. The maximum absolute atomic E-state index is 12.5. The van der Waals surface area contributed by atoms with E-state index in [-0.39, 0.29) is 5.91 Å². The molecule has 2 aliphatic heterocycles. The van der Waals surface area contributed by atoms with Crippen LogP contribution in [0.3, 0.4) is 0 Å². The van der Waals surface area contributed by atoms with Crippen LogP contribution in [0.4, 0.5) is 5.69 Å². The van der Waals surface area contributed by atoms with Gasteiger partial charge in [-0.2, -0.15) is 0 Å². The van der Waals surface area contributed by atoms with Crippen molar-refractivity contribution < 1.29 is 9.53 Å². The highest BCUT2D eigenvalue weighted by Gasteiger charge is 2.24. The molecule has 0 radical (unpaired) electrons. The van der Waals surface area contributed by atoms with Gasteiger partial charge in [0.25, 0.3) is 5.91 Å². The summed E-state index contributed by atoms with van der Waals surface area (Å²) in [5, 5.41) is 0. The monoisotopic (exact) mass is 317 g/mol. The minimum absolute atomic E-state index is 0.0767. The van der Waals surface area contributed by atoms with Crippen molar-refractivity contribution in [2.45, 2.75) is 31.8 Å². The van der Waals surface area contributed by atoms with E-state index in [1.807, 2.05) is 17.0 Å². The fourth-order valence-electron chi connectivity index (χ4n) is 3.43. The average Bonchev–Trinajstić information content (AvgIpc) is 3.08. The lowest BCUT2D eigenvalue weighted by Gasteiger charge is -2.32. The zero-order valence-electron chi connectivity index (χ0n) is 13.7. The topological polar surface area (TPSA) is 58.8 Å².